The minimum absolute atomic E-state index is 0.0450. The number of nitrogens with zero attached hydrogens (tertiary/aromatic N) is 1. The monoisotopic (exact) mass is 471 g/mol. The Balaban J connectivity index is 1.90. The number of sulfonamides is 1. The predicted octanol–water partition coefficient (Wildman–Crippen LogP) is 4.75. The molecule has 0 saturated carbocycles. The smallest absolute Gasteiger partial charge is 0.218 e. The summed E-state index contributed by atoms with van der Waals surface area (Å²) in [7, 11) is -6.83. The van der Waals surface area contributed by atoms with Gasteiger partial charge in [-0.25, -0.2) is 16.8 Å². The van der Waals surface area contributed by atoms with E-state index in [4.69, 9.17) is 0 Å². The van der Waals surface area contributed by atoms with Gasteiger partial charge in [0.05, 0.1) is 10.6 Å². The first-order chi connectivity index (χ1) is 15.0. The summed E-state index contributed by atoms with van der Waals surface area (Å²) >= 11 is 0. The van der Waals surface area contributed by atoms with Crippen LogP contribution in [0.15, 0.2) is 83.8 Å². The van der Waals surface area contributed by atoms with Crippen LogP contribution in [-0.4, -0.2) is 33.9 Å². The Hall–Kier alpha value is -2.48. The molecule has 32 heavy (non-hydrogen) atoms. The van der Waals surface area contributed by atoms with E-state index in [-0.39, 0.29) is 23.1 Å². The van der Waals surface area contributed by atoms with E-state index in [9.17, 15) is 16.8 Å². The lowest BCUT2D eigenvalue weighted by molar-refractivity contribution is 0.361. The molecule has 3 rings (SSSR count). The molecule has 0 aliphatic carbocycles. The molecule has 0 aliphatic rings. The number of rotatable bonds is 9. The highest BCUT2D eigenvalue weighted by Gasteiger charge is 2.24. The van der Waals surface area contributed by atoms with E-state index in [1.54, 1.807) is 18.2 Å². The van der Waals surface area contributed by atoms with Crippen molar-refractivity contribution in [3.63, 3.8) is 0 Å². The highest BCUT2D eigenvalue weighted by Crippen LogP contribution is 2.25. The number of sulfone groups is 1. The molecule has 0 aromatic heterocycles. The van der Waals surface area contributed by atoms with E-state index in [0.717, 1.165) is 22.3 Å². The zero-order chi connectivity index (χ0) is 23.4. The summed E-state index contributed by atoms with van der Waals surface area (Å²) in [6, 6.07) is 23.6. The number of hydrogen-bond acceptors (Lipinski definition) is 4. The Morgan fingerprint density at radius 2 is 1.34 bits per heavy atom. The Kier molecular flexibility index (Phi) is 7.54. The molecule has 0 amide bonds. The van der Waals surface area contributed by atoms with Gasteiger partial charge in [-0.3, -0.25) is 0 Å². The lowest BCUT2D eigenvalue weighted by atomic mass is 10.0. The first-order valence-electron chi connectivity index (χ1n) is 10.5. The van der Waals surface area contributed by atoms with E-state index in [2.05, 4.69) is 0 Å². The summed E-state index contributed by atoms with van der Waals surface area (Å²) in [6.07, 6.45) is 1.18. The van der Waals surface area contributed by atoms with Crippen molar-refractivity contribution in [2.75, 3.05) is 12.8 Å². The van der Waals surface area contributed by atoms with Gasteiger partial charge in [-0.2, -0.15) is 4.31 Å². The summed E-state index contributed by atoms with van der Waals surface area (Å²) in [5.41, 5.74) is 3.23. The highest BCUT2D eigenvalue weighted by molar-refractivity contribution is 7.90. The van der Waals surface area contributed by atoms with Gasteiger partial charge in [0, 0.05) is 19.3 Å². The van der Waals surface area contributed by atoms with Gasteiger partial charge in [-0.1, -0.05) is 74.5 Å². The number of benzene rings is 3. The van der Waals surface area contributed by atoms with E-state index < -0.39 is 19.9 Å². The van der Waals surface area contributed by atoms with Crippen LogP contribution < -0.4 is 0 Å². The quantitative estimate of drug-likeness (QED) is 0.452. The second kappa shape index (κ2) is 9.98. The summed E-state index contributed by atoms with van der Waals surface area (Å²) < 4.78 is 51.8. The molecule has 0 bridgehead atoms. The first-order valence-corrected chi connectivity index (χ1v) is 14.0. The van der Waals surface area contributed by atoms with Gasteiger partial charge in [0.15, 0.2) is 9.84 Å². The normalized spacial score (nSPS) is 12.4. The molecular weight excluding hydrogens is 442 g/mol. The molecule has 0 N–H and O–H groups in total. The van der Waals surface area contributed by atoms with Crippen molar-refractivity contribution < 1.29 is 16.8 Å². The van der Waals surface area contributed by atoms with Crippen LogP contribution >= 0.6 is 0 Å². The van der Waals surface area contributed by atoms with E-state index >= 15 is 0 Å². The maximum absolute atomic E-state index is 13.2. The molecule has 0 heterocycles. The molecule has 0 aliphatic heterocycles. The van der Waals surface area contributed by atoms with Gasteiger partial charge in [0.1, 0.15) is 0 Å². The molecule has 0 unspecified atom stereocenters. The van der Waals surface area contributed by atoms with Crippen LogP contribution in [0.5, 0.6) is 0 Å². The lowest BCUT2D eigenvalue weighted by Gasteiger charge is -2.24. The van der Waals surface area contributed by atoms with Crippen LogP contribution in [0, 0.1) is 5.92 Å². The van der Waals surface area contributed by atoms with E-state index in [1.165, 1.54) is 10.6 Å². The molecule has 3 aromatic carbocycles. The third kappa shape index (κ3) is 6.51. The molecule has 0 fully saturated rings. The van der Waals surface area contributed by atoms with E-state index in [0.29, 0.717) is 6.54 Å². The van der Waals surface area contributed by atoms with Gasteiger partial charge >= 0.3 is 0 Å². The fourth-order valence-corrected chi connectivity index (χ4v) is 5.85. The fraction of sp³-hybridized carbons (Fsp3) is 0.280. The molecule has 7 heteroatoms. The Labute approximate surface area is 191 Å². The van der Waals surface area contributed by atoms with Crippen LogP contribution in [0.25, 0.3) is 11.1 Å². The van der Waals surface area contributed by atoms with Crippen molar-refractivity contribution in [3.05, 3.63) is 90.0 Å². The standard InChI is InChI=1S/C25H29NO4S2/c1-20(2)17-26(32(29,30)19-21-9-5-4-6-10-21)18-22-11-7-12-23(15-22)24-13-8-14-25(16-24)31(3,27)28/h4-16,20H,17-19H2,1-3H3. The van der Waals surface area contributed by atoms with Crippen molar-refractivity contribution in [3.8, 4) is 11.1 Å². The van der Waals surface area contributed by atoms with Gasteiger partial charge in [0.25, 0.3) is 0 Å². The van der Waals surface area contributed by atoms with Crippen molar-refractivity contribution in [2.24, 2.45) is 5.92 Å². The predicted molar refractivity (Wildman–Crippen MR) is 129 cm³/mol. The van der Waals surface area contributed by atoms with Crippen LogP contribution in [0.4, 0.5) is 0 Å². The van der Waals surface area contributed by atoms with Crippen molar-refractivity contribution in [1.29, 1.82) is 0 Å². The zero-order valence-electron chi connectivity index (χ0n) is 18.6. The first kappa shape index (κ1) is 24.2. The molecule has 0 spiro atoms. The molecule has 0 radical (unpaired) electrons. The van der Waals surface area contributed by atoms with Crippen molar-refractivity contribution in [1.82, 2.24) is 4.31 Å². The third-order valence-electron chi connectivity index (χ3n) is 5.04. The van der Waals surface area contributed by atoms with Gasteiger partial charge in [0.2, 0.25) is 10.0 Å². The van der Waals surface area contributed by atoms with Crippen molar-refractivity contribution in [2.45, 2.75) is 31.0 Å². The fourth-order valence-electron chi connectivity index (χ4n) is 3.52. The minimum atomic E-state index is -3.52. The minimum Gasteiger partial charge on any atom is -0.224 e. The third-order valence-corrected chi connectivity index (χ3v) is 7.91. The average Bonchev–Trinajstić information content (AvgIpc) is 2.73. The van der Waals surface area contributed by atoms with Gasteiger partial charge < -0.3 is 0 Å². The molecule has 170 valence electrons. The number of hydrogen-bond donors (Lipinski definition) is 0. The summed E-state index contributed by atoms with van der Waals surface area (Å²) in [4.78, 5) is 0.257. The Morgan fingerprint density at radius 3 is 1.97 bits per heavy atom. The average molecular weight is 472 g/mol. The topological polar surface area (TPSA) is 71.5 Å². The van der Waals surface area contributed by atoms with Crippen molar-refractivity contribution >= 4 is 19.9 Å². The van der Waals surface area contributed by atoms with Crippen LogP contribution in [0.1, 0.15) is 25.0 Å². The lowest BCUT2D eigenvalue weighted by Crippen LogP contribution is -2.34. The van der Waals surface area contributed by atoms with Gasteiger partial charge in [-0.15, -0.1) is 0 Å². The Bertz CT molecular complexity index is 1270. The summed E-state index contributed by atoms with van der Waals surface area (Å²) in [5.74, 6) is 0.131. The maximum atomic E-state index is 13.2. The SMILES string of the molecule is CC(C)CN(Cc1cccc(-c2cccc(S(C)(=O)=O)c2)c1)S(=O)(=O)Cc1ccccc1. The van der Waals surface area contributed by atoms with Crippen LogP contribution in [-0.2, 0) is 32.2 Å². The Morgan fingerprint density at radius 1 is 0.750 bits per heavy atom. The second-order valence-corrected chi connectivity index (χ2v) is 12.4. The highest BCUT2D eigenvalue weighted by atomic mass is 32.2. The summed E-state index contributed by atoms with van der Waals surface area (Å²) in [6.45, 7) is 4.67. The molecular formula is C25H29NO4S2. The van der Waals surface area contributed by atoms with E-state index in [1.807, 2.05) is 74.5 Å². The largest absolute Gasteiger partial charge is 0.224 e. The zero-order valence-corrected chi connectivity index (χ0v) is 20.2. The molecule has 3 aromatic rings. The molecule has 0 atom stereocenters. The van der Waals surface area contributed by atoms with Crippen LogP contribution in [0.2, 0.25) is 0 Å². The second-order valence-electron chi connectivity index (χ2n) is 8.43. The van der Waals surface area contributed by atoms with Crippen LogP contribution in [0.3, 0.4) is 0 Å². The molecule has 5 nitrogen and oxygen atoms in total. The van der Waals surface area contributed by atoms with Gasteiger partial charge in [-0.05, 0) is 46.4 Å². The molecule has 0 saturated heterocycles. The maximum Gasteiger partial charge on any atom is 0.218 e. The summed E-state index contributed by atoms with van der Waals surface area (Å²) in [5, 5.41) is 0.